The Morgan fingerprint density at radius 2 is 2.38 bits per heavy atom. The van der Waals surface area contributed by atoms with Crippen LogP contribution in [0.1, 0.15) is 23.5 Å². The quantitative estimate of drug-likeness (QED) is 0.767. The number of carbonyl (C=O) groups excluding carboxylic acids is 1. The van der Waals surface area contributed by atoms with E-state index in [9.17, 15) is 4.79 Å². The van der Waals surface area contributed by atoms with Crippen LogP contribution in [0.2, 0.25) is 0 Å². The Balaban J connectivity index is 2.61. The van der Waals surface area contributed by atoms with Crippen molar-refractivity contribution in [3.8, 4) is 0 Å². The van der Waals surface area contributed by atoms with Gasteiger partial charge in [-0.05, 0) is 25.3 Å². The highest BCUT2D eigenvalue weighted by molar-refractivity contribution is 7.12. The van der Waals surface area contributed by atoms with Crippen molar-refractivity contribution in [2.24, 2.45) is 5.73 Å². The molecule has 1 rings (SSSR count). The second kappa shape index (κ2) is 3.89. The summed E-state index contributed by atoms with van der Waals surface area (Å²) in [5.41, 5.74) is 5.16. The molecule has 1 heterocycles. The van der Waals surface area contributed by atoms with Crippen molar-refractivity contribution in [3.63, 3.8) is 0 Å². The van der Waals surface area contributed by atoms with Gasteiger partial charge in [0.15, 0.2) is 0 Å². The van der Waals surface area contributed by atoms with Crippen molar-refractivity contribution in [3.05, 3.63) is 22.4 Å². The lowest BCUT2D eigenvalue weighted by atomic mass is 10.1. The van der Waals surface area contributed by atoms with Crippen LogP contribution in [0.15, 0.2) is 17.5 Å². The molecule has 1 aromatic rings. The zero-order valence-electron chi connectivity index (χ0n) is 7.83. The van der Waals surface area contributed by atoms with Crippen molar-refractivity contribution in [1.82, 2.24) is 5.32 Å². The van der Waals surface area contributed by atoms with E-state index >= 15 is 0 Å². The fourth-order valence-electron chi connectivity index (χ4n) is 0.828. The molecule has 0 aliphatic carbocycles. The van der Waals surface area contributed by atoms with E-state index in [1.165, 1.54) is 11.3 Å². The molecule has 0 saturated carbocycles. The van der Waals surface area contributed by atoms with E-state index in [-0.39, 0.29) is 11.4 Å². The molecule has 3 N–H and O–H groups in total. The first-order valence-electron chi connectivity index (χ1n) is 4.11. The van der Waals surface area contributed by atoms with Gasteiger partial charge in [0.1, 0.15) is 0 Å². The van der Waals surface area contributed by atoms with Gasteiger partial charge in [0, 0.05) is 12.1 Å². The fourth-order valence-corrected chi connectivity index (χ4v) is 1.45. The third-order valence-corrected chi connectivity index (χ3v) is 2.58. The third kappa shape index (κ3) is 2.82. The van der Waals surface area contributed by atoms with E-state index in [1.807, 2.05) is 25.3 Å². The SMILES string of the molecule is CC(C)(CN)NC(=O)c1cccs1. The maximum Gasteiger partial charge on any atom is 0.261 e. The lowest BCUT2D eigenvalue weighted by Gasteiger charge is -2.23. The topological polar surface area (TPSA) is 55.1 Å². The van der Waals surface area contributed by atoms with Crippen LogP contribution in [0.4, 0.5) is 0 Å². The summed E-state index contributed by atoms with van der Waals surface area (Å²) < 4.78 is 0. The summed E-state index contributed by atoms with van der Waals surface area (Å²) in [6.45, 7) is 4.24. The zero-order valence-corrected chi connectivity index (χ0v) is 8.65. The Bertz CT molecular complexity index is 280. The van der Waals surface area contributed by atoms with Crippen LogP contribution in [0.3, 0.4) is 0 Å². The summed E-state index contributed by atoms with van der Waals surface area (Å²) in [7, 11) is 0. The van der Waals surface area contributed by atoms with Crippen molar-refractivity contribution in [1.29, 1.82) is 0 Å². The predicted molar refractivity (Wildman–Crippen MR) is 54.9 cm³/mol. The average molecular weight is 198 g/mol. The highest BCUT2D eigenvalue weighted by Crippen LogP contribution is 2.10. The first-order chi connectivity index (χ1) is 6.05. The van der Waals surface area contributed by atoms with Gasteiger partial charge >= 0.3 is 0 Å². The molecule has 0 saturated heterocycles. The highest BCUT2D eigenvalue weighted by Gasteiger charge is 2.19. The van der Waals surface area contributed by atoms with Crippen LogP contribution in [0.5, 0.6) is 0 Å². The van der Waals surface area contributed by atoms with Crippen molar-refractivity contribution in [2.45, 2.75) is 19.4 Å². The molecule has 0 bridgehead atoms. The molecule has 0 aromatic carbocycles. The molecule has 0 atom stereocenters. The monoisotopic (exact) mass is 198 g/mol. The molecule has 1 aromatic heterocycles. The van der Waals surface area contributed by atoms with Crippen LogP contribution < -0.4 is 11.1 Å². The summed E-state index contributed by atoms with van der Waals surface area (Å²) >= 11 is 1.43. The number of hydrogen-bond donors (Lipinski definition) is 2. The molecule has 72 valence electrons. The van der Waals surface area contributed by atoms with E-state index in [1.54, 1.807) is 6.07 Å². The second-order valence-corrected chi connectivity index (χ2v) is 4.47. The minimum absolute atomic E-state index is 0.0505. The van der Waals surface area contributed by atoms with Gasteiger partial charge in [0.2, 0.25) is 0 Å². The number of nitrogens with one attached hydrogen (secondary N) is 1. The summed E-state index contributed by atoms with van der Waals surface area (Å²) in [6, 6.07) is 3.65. The highest BCUT2D eigenvalue weighted by atomic mass is 32.1. The van der Waals surface area contributed by atoms with Gasteiger partial charge in [-0.15, -0.1) is 11.3 Å². The summed E-state index contributed by atoms with van der Waals surface area (Å²) in [4.78, 5) is 12.2. The number of nitrogens with two attached hydrogens (primary N) is 1. The lowest BCUT2D eigenvalue weighted by molar-refractivity contribution is 0.0920. The van der Waals surface area contributed by atoms with Crippen LogP contribution in [-0.4, -0.2) is 18.0 Å². The number of carbonyl (C=O) groups is 1. The molecule has 0 radical (unpaired) electrons. The van der Waals surface area contributed by atoms with Crippen LogP contribution in [-0.2, 0) is 0 Å². The smallest absolute Gasteiger partial charge is 0.261 e. The van der Waals surface area contributed by atoms with Gasteiger partial charge in [-0.3, -0.25) is 4.79 Å². The van der Waals surface area contributed by atoms with Crippen LogP contribution in [0, 0.1) is 0 Å². The Labute approximate surface area is 81.9 Å². The molecule has 0 spiro atoms. The first-order valence-corrected chi connectivity index (χ1v) is 4.99. The minimum Gasteiger partial charge on any atom is -0.345 e. The minimum atomic E-state index is -0.332. The van der Waals surface area contributed by atoms with E-state index in [0.717, 1.165) is 4.88 Å². The largest absolute Gasteiger partial charge is 0.345 e. The molecule has 0 fully saturated rings. The van der Waals surface area contributed by atoms with E-state index in [2.05, 4.69) is 5.32 Å². The Kier molecular flexibility index (Phi) is 3.06. The first kappa shape index (κ1) is 10.2. The fraction of sp³-hybridized carbons (Fsp3) is 0.444. The van der Waals surface area contributed by atoms with E-state index < -0.39 is 0 Å². The lowest BCUT2D eigenvalue weighted by Crippen LogP contribution is -2.48. The molecule has 0 unspecified atom stereocenters. The molecule has 0 aliphatic heterocycles. The summed E-state index contributed by atoms with van der Waals surface area (Å²) in [6.07, 6.45) is 0. The second-order valence-electron chi connectivity index (χ2n) is 3.52. The zero-order chi connectivity index (χ0) is 9.90. The molecule has 1 amide bonds. The maximum absolute atomic E-state index is 11.5. The number of hydrogen-bond acceptors (Lipinski definition) is 3. The van der Waals surface area contributed by atoms with E-state index in [0.29, 0.717) is 6.54 Å². The number of thiophene rings is 1. The van der Waals surface area contributed by atoms with Gasteiger partial charge in [0.05, 0.1) is 4.88 Å². The molecule has 4 heteroatoms. The van der Waals surface area contributed by atoms with Gasteiger partial charge in [-0.2, -0.15) is 0 Å². The third-order valence-electron chi connectivity index (χ3n) is 1.71. The molecular weight excluding hydrogens is 184 g/mol. The van der Waals surface area contributed by atoms with Crippen molar-refractivity contribution >= 4 is 17.2 Å². The van der Waals surface area contributed by atoms with Crippen LogP contribution in [0.25, 0.3) is 0 Å². The van der Waals surface area contributed by atoms with E-state index in [4.69, 9.17) is 5.73 Å². The van der Waals surface area contributed by atoms with Gasteiger partial charge in [-0.25, -0.2) is 0 Å². The van der Waals surface area contributed by atoms with Gasteiger partial charge in [0.25, 0.3) is 5.91 Å². The Morgan fingerprint density at radius 3 is 2.85 bits per heavy atom. The predicted octanol–water partition coefficient (Wildman–Crippen LogP) is 1.22. The van der Waals surface area contributed by atoms with Crippen LogP contribution >= 0.6 is 11.3 Å². The van der Waals surface area contributed by atoms with Gasteiger partial charge in [-0.1, -0.05) is 6.07 Å². The van der Waals surface area contributed by atoms with Gasteiger partial charge < -0.3 is 11.1 Å². The number of amides is 1. The molecule has 13 heavy (non-hydrogen) atoms. The molecular formula is C9H14N2OS. The maximum atomic E-state index is 11.5. The molecule has 3 nitrogen and oxygen atoms in total. The van der Waals surface area contributed by atoms with Crippen molar-refractivity contribution in [2.75, 3.05) is 6.54 Å². The summed E-state index contributed by atoms with van der Waals surface area (Å²) in [5, 5.41) is 4.73. The number of rotatable bonds is 3. The standard InChI is InChI=1S/C9H14N2OS/c1-9(2,6-10)11-8(12)7-4-3-5-13-7/h3-5H,6,10H2,1-2H3,(H,11,12). The summed E-state index contributed by atoms with van der Waals surface area (Å²) in [5.74, 6) is -0.0505. The Morgan fingerprint density at radius 1 is 1.69 bits per heavy atom. The Hall–Kier alpha value is -0.870. The average Bonchev–Trinajstić information content (AvgIpc) is 2.55. The normalized spacial score (nSPS) is 11.3. The van der Waals surface area contributed by atoms with Crippen molar-refractivity contribution < 1.29 is 4.79 Å². The molecule has 0 aliphatic rings.